The van der Waals surface area contributed by atoms with Gasteiger partial charge in [0.1, 0.15) is 12.2 Å². The van der Waals surface area contributed by atoms with E-state index in [1.54, 1.807) is 12.1 Å². The Hall–Kier alpha value is -2.31. The van der Waals surface area contributed by atoms with Crippen molar-refractivity contribution in [2.24, 2.45) is 0 Å². The van der Waals surface area contributed by atoms with Crippen LogP contribution in [0.1, 0.15) is 21.6 Å². The summed E-state index contributed by atoms with van der Waals surface area (Å²) < 4.78 is 25.3. The van der Waals surface area contributed by atoms with Crippen molar-refractivity contribution in [1.82, 2.24) is 20.3 Å². The predicted molar refractivity (Wildman–Crippen MR) is 68.4 cm³/mol. The van der Waals surface area contributed by atoms with Crippen LogP contribution in [0.25, 0.3) is 0 Å². The van der Waals surface area contributed by atoms with Gasteiger partial charge in [0, 0.05) is 5.56 Å². The van der Waals surface area contributed by atoms with E-state index in [2.05, 4.69) is 15.6 Å². The summed E-state index contributed by atoms with van der Waals surface area (Å²) in [6.07, 6.45) is -1.09. The van der Waals surface area contributed by atoms with Crippen molar-refractivity contribution in [3.63, 3.8) is 0 Å². The zero-order valence-electron chi connectivity index (χ0n) is 10.9. The minimum Gasteiger partial charge on any atom is -0.346 e. The number of benzene rings is 1. The number of carbonyl (C=O) groups is 1. The summed E-state index contributed by atoms with van der Waals surface area (Å²) in [5.41, 5.74) is 2.04. The predicted octanol–water partition coefficient (Wildman–Crippen LogP) is 1.78. The number of rotatable bonds is 5. The van der Waals surface area contributed by atoms with Crippen molar-refractivity contribution in [1.29, 1.82) is 0 Å². The number of hydrogen-bond acceptors (Lipinski definition) is 3. The average molecular weight is 280 g/mol. The second-order valence-electron chi connectivity index (χ2n) is 4.37. The van der Waals surface area contributed by atoms with Crippen molar-refractivity contribution >= 4 is 5.91 Å². The maximum atomic E-state index is 12.1. The standard InChI is InChI=1S/C13H14F2N4O/c1-9-2-4-10(5-3-9)13(20)16-6-11-7-19(18-17-11)8-12(14)15/h2-5,7,12H,6,8H2,1H3,(H,16,20). The molecule has 1 aromatic carbocycles. The first kappa shape index (κ1) is 14.1. The largest absolute Gasteiger partial charge is 0.346 e. The van der Waals surface area contributed by atoms with E-state index in [4.69, 9.17) is 0 Å². The lowest BCUT2D eigenvalue weighted by Crippen LogP contribution is -2.22. The highest BCUT2D eigenvalue weighted by Crippen LogP contribution is 2.04. The molecule has 106 valence electrons. The molecule has 0 bridgehead atoms. The minimum atomic E-state index is -2.48. The van der Waals surface area contributed by atoms with E-state index in [0.29, 0.717) is 11.3 Å². The molecule has 1 amide bonds. The van der Waals surface area contributed by atoms with Gasteiger partial charge in [-0.2, -0.15) is 0 Å². The molecule has 1 N–H and O–H groups in total. The summed E-state index contributed by atoms with van der Waals surface area (Å²) in [4.78, 5) is 11.8. The zero-order chi connectivity index (χ0) is 14.5. The van der Waals surface area contributed by atoms with Gasteiger partial charge in [0.15, 0.2) is 0 Å². The fraction of sp³-hybridized carbons (Fsp3) is 0.308. The fourth-order valence-corrected chi connectivity index (χ4v) is 1.63. The molecule has 2 rings (SSSR count). The molecule has 0 fully saturated rings. The third kappa shape index (κ3) is 3.84. The Labute approximate surface area is 114 Å². The number of aryl methyl sites for hydroxylation is 1. The Balaban J connectivity index is 1.90. The summed E-state index contributed by atoms with van der Waals surface area (Å²) in [6, 6.07) is 7.12. The summed E-state index contributed by atoms with van der Waals surface area (Å²) in [7, 11) is 0. The van der Waals surface area contributed by atoms with Crippen LogP contribution in [0.5, 0.6) is 0 Å². The maximum absolute atomic E-state index is 12.1. The Morgan fingerprint density at radius 3 is 2.70 bits per heavy atom. The van der Waals surface area contributed by atoms with Gasteiger partial charge >= 0.3 is 0 Å². The molecule has 20 heavy (non-hydrogen) atoms. The lowest BCUT2D eigenvalue weighted by Gasteiger charge is -2.03. The first-order valence-electron chi connectivity index (χ1n) is 6.06. The van der Waals surface area contributed by atoms with Crippen LogP contribution >= 0.6 is 0 Å². The molecule has 0 aliphatic heterocycles. The van der Waals surface area contributed by atoms with Crippen molar-refractivity contribution in [3.8, 4) is 0 Å². The number of nitrogens with one attached hydrogen (secondary N) is 1. The Morgan fingerprint density at radius 2 is 2.05 bits per heavy atom. The zero-order valence-corrected chi connectivity index (χ0v) is 10.9. The van der Waals surface area contributed by atoms with E-state index < -0.39 is 13.0 Å². The molecule has 0 saturated heterocycles. The van der Waals surface area contributed by atoms with Crippen LogP contribution in [-0.4, -0.2) is 27.3 Å². The third-order valence-electron chi connectivity index (χ3n) is 2.65. The van der Waals surface area contributed by atoms with E-state index in [1.807, 2.05) is 19.1 Å². The quantitative estimate of drug-likeness (QED) is 0.908. The van der Waals surface area contributed by atoms with Gasteiger partial charge in [0.05, 0.1) is 12.7 Å². The Kier molecular flexibility index (Phi) is 4.39. The van der Waals surface area contributed by atoms with E-state index >= 15 is 0 Å². The highest BCUT2D eigenvalue weighted by molar-refractivity contribution is 5.94. The highest BCUT2D eigenvalue weighted by atomic mass is 19.3. The summed E-state index contributed by atoms with van der Waals surface area (Å²) >= 11 is 0. The lowest BCUT2D eigenvalue weighted by atomic mass is 10.1. The highest BCUT2D eigenvalue weighted by Gasteiger charge is 2.09. The van der Waals surface area contributed by atoms with Crippen molar-refractivity contribution in [2.75, 3.05) is 0 Å². The minimum absolute atomic E-state index is 0.149. The van der Waals surface area contributed by atoms with E-state index in [1.165, 1.54) is 6.20 Å². The fourth-order valence-electron chi connectivity index (χ4n) is 1.63. The second-order valence-corrected chi connectivity index (χ2v) is 4.37. The van der Waals surface area contributed by atoms with Crippen LogP contribution in [0.3, 0.4) is 0 Å². The van der Waals surface area contributed by atoms with Crippen LogP contribution < -0.4 is 5.32 Å². The summed E-state index contributed by atoms with van der Waals surface area (Å²) in [6.45, 7) is 1.58. The number of aromatic nitrogens is 3. The molecule has 0 radical (unpaired) electrons. The molecule has 0 aliphatic rings. The van der Waals surface area contributed by atoms with E-state index in [0.717, 1.165) is 10.2 Å². The molecular formula is C13H14F2N4O. The van der Waals surface area contributed by atoms with Crippen LogP contribution in [0.2, 0.25) is 0 Å². The SMILES string of the molecule is Cc1ccc(C(=O)NCc2cn(CC(F)F)nn2)cc1. The number of carbonyl (C=O) groups excluding carboxylic acids is 1. The first-order valence-corrected chi connectivity index (χ1v) is 6.06. The van der Waals surface area contributed by atoms with Gasteiger partial charge in [-0.05, 0) is 19.1 Å². The number of nitrogens with zero attached hydrogens (tertiary/aromatic N) is 3. The molecule has 2 aromatic rings. The van der Waals surface area contributed by atoms with Gasteiger partial charge in [0.2, 0.25) is 0 Å². The first-order chi connectivity index (χ1) is 9.54. The third-order valence-corrected chi connectivity index (χ3v) is 2.65. The molecule has 0 saturated carbocycles. The van der Waals surface area contributed by atoms with Crippen LogP contribution in [0, 0.1) is 6.92 Å². The van der Waals surface area contributed by atoms with Crippen molar-refractivity contribution in [3.05, 3.63) is 47.3 Å². The molecule has 5 nitrogen and oxygen atoms in total. The molecular weight excluding hydrogens is 266 g/mol. The Bertz CT molecular complexity index is 580. The van der Waals surface area contributed by atoms with Gasteiger partial charge < -0.3 is 5.32 Å². The smallest absolute Gasteiger partial charge is 0.257 e. The Morgan fingerprint density at radius 1 is 1.35 bits per heavy atom. The maximum Gasteiger partial charge on any atom is 0.257 e. The van der Waals surface area contributed by atoms with Gasteiger partial charge in [-0.1, -0.05) is 22.9 Å². The lowest BCUT2D eigenvalue weighted by molar-refractivity contribution is 0.0950. The van der Waals surface area contributed by atoms with Crippen LogP contribution in [0.15, 0.2) is 30.5 Å². The number of amides is 1. The summed E-state index contributed by atoms with van der Waals surface area (Å²) in [5.74, 6) is -0.242. The van der Waals surface area contributed by atoms with E-state index in [9.17, 15) is 13.6 Å². The van der Waals surface area contributed by atoms with Gasteiger partial charge in [0.25, 0.3) is 12.3 Å². The second kappa shape index (κ2) is 6.23. The molecule has 7 heteroatoms. The molecule has 0 aliphatic carbocycles. The molecule has 0 unspecified atom stereocenters. The van der Waals surface area contributed by atoms with Crippen LogP contribution in [0.4, 0.5) is 8.78 Å². The normalized spacial score (nSPS) is 10.8. The van der Waals surface area contributed by atoms with E-state index in [-0.39, 0.29) is 12.5 Å². The van der Waals surface area contributed by atoms with Gasteiger partial charge in [-0.3, -0.25) is 4.79 Å². The van der Waals surface area contributed by atoms with Gasteiger partial charge in [-0.25, -0.2) is 13.5 Å². The molecule has 0 spiro atoms. The van der Waals surface area contributed by atoms with Crippen molar-refractivity contribution in [2.45, 2.75) is 26.4 Å². The molecule has 1 aromatic heterocycles. The summed E-state index contributed by atoms with van der Waals surface area (Å²) in [5, 5.41) is 9.93. The van der Waals surface area contributed by atoms with Gasteiger partial charge in [-0.15, -0.1) is 5.10 Å². The number of hydrogen-bond donors (Lipinski definition) is 1. The number of halogens is 2. The number of alkyl halides is 2. The average Bonchev–Trinajstić information content (AvgIpc) is 2.83. The van der Waals surface area contributed by atoms with Crippen LogP contribution in [-0.2, 0) is 13.1 Å². The molecule has 1 heterocycles. The topological polar surface area (TPSA) is 59.8 Å². The molecule has 0 atom stereocenters. The monoisotopic (exact) mass is 280 g/mol. The van der Waals surface area contributed by atoms with Crippen molar-refractivity contribution < 1.29 is 13.6 Å².